The molecule has 2 N–H and O–H groups in total. The van der Waals surface area contributed by atoms with Crippen molar-refractivity contribution < 1.29 is 14.3 Å². The van der Waals surface area contributed by atoms with E-state index in [4.69, 9.17) is 9.47 Å². The van der Waals surface area contributed by atoms with Crippen molar-refractivity contribution in [2.75, 3.05) is 14.2 Å². The van der Waals surface area contributed by atoms with Crippen LogP contribution in [0, 0.1) is 13.8 Å². The predicted octanol–water partition coefficient (Wildman–Crippen LogP) is 3.47. The monoisotopic (exact) mass is 378 g/mol. The van der Waals surface area contributed by atoms with Crippen LogP contribution in [0.15, 0.2) is 47.6 Å². The number of aromatic nitrogens is 2. The Hall–Kier alpha value is -3.61. The molecule has 1 amide bonds. The second kappa shape index (κ2) is 8.39. The first-order valence-corrected chi connectivity index (χ1v) is 8.71. The molecule has 28 heavy (non-hydrogen) atoms. The van der Waals surface area contributed by atoms with E-state index < -0.39 is 0 Å². The Kier molecular flexibility index (Phi) is 5.74. The molecule has 3 aromatic rings. The van der Waals surface area contributed by atoms with Crippen LogP contribution >= 0.6 is 0 Å². The molecule has 0 fully saturated rings. The number of H-pyrrole nitrogens is 1. The Labute approximate surface area is 163 Å². The van der Waals surface area contributed by atoms with Gasteiger partial charge in [-0.15, -0.1) is 0 Å². The zero-order valence-electron chi connectivity index (χ0n) is 16.2. The molecule has 0 atom stereocenters. The van der Waals surface area contributed by atoms with Gasteiger partial charge in [0.25, 0.3) is 5.91 Å². The van der Waals surface area contributed by atoms with Crippen molar-refractivity contribution in [3.63, 3.8) is 0 Å². The minimum Gasteiger partial charge on any atom is -0.493 e. The van der Waals surface area contributed by atoms with Gasteiger partial charge in [0.2, 0.25) is 0 Å². The lowest BCUT2D eigenvalue weighted by atomic mass is 10.0. The van der Waals surface area contributed by atoms with E-state index in [0.717, 1.165) is 5.56 Å². The number of hydrogen-bond donors (Lipinski definition) is 2. The molecule has 144 valence electrons. The molecular formula is C21H22N4O3. The molecule has 0 saturated carbocycles. The molecule has 0 aliphatic carbocycles. The highest BCUT2D eigenvalue weighted by atomic mass is 16.5. The minimum absolute atomic E-state index is 0.322. The molecular weight excluding hydrogens is 356 g/mol. The van der Waals surface area contributed by atoms with Gasteiger partial charge in [-0.1, -0.05) is 18.2 Å². The third-order valence-corrected chi connectivity index (χ3v) is 4.43. The first-order chi connectivity index (χ1) is 13.5. The number of nitrogens with zero attached hydrogens (tertiary/aromatic N) is 2. The van der Waals surface area contributed by atoms with Gasteiger partial charge in [0.15, 0.2) is 11.5 Å². The summed E-state index contributed by atoms with van der Waals surface area (Å²) >= 11 is 0. The third-order valence-electron chi connectivity index (χ3n) is 4.43. The molecule has 2 aromatic carbocycles. The zero-order valence-corrected chi connectivity index (χ0v) is 16.2. The summed E-state index contributed by atoms with van der Waals surface area (Å²) in [5, 5.41) is 11.0. The summed E-state index contributed by atoms with van der Waals surface area (Å²) in [5.74, 6) is 0.742. The highest BCUT2D eigenvalue weighted by Gasteiger charge is 2.11. The number of hydrogen-bond acceptors (Lipinski definition) is 5. The van der Waals surface area contributed by atoms with Crippen LogP contribution in [0.5, 0.6) is 11.5 Å². The van der Waals surface area contributed by atoms with Crippen LogP contribution in [0.3, 0.4) is 0 Å². The van der Waals surface area contributed by atoms with Crippen LogP contribution in [-0.2, 0) is 0 Å². The normalized spacial score (nSPS) is 10.9. The van der Waals surface area contributed by atoms with Crippen molar-refractivity contribution in [3.8, 4) is 22.8 Å². The summed E-state index contributed by atoms with van der Waals surface area (Å²) in [5.41, 5.74) is 7.52. The van der Waals surface area contributed by atoms with E-state index in [9.17, 15) is 4.79 Å². The second-order valence-corrected chi connectivity index (χ2v) is 6.25. The minimum atomic E-state index is -0.388. The maximum atomic E-state index is 12.3. The third kappa shape index (κ3) is 4.03. The number of amides is 1. The number of carbonyl (C=O) groups is 1. The number of aryl methyl sites for hydroxylation is 2. The number of nitrogens with one attached hydrogen (secondary N) is 2. The molecule has 0 radical (unpaired) electrons. The molecule has 1 heterocycles. The second-order valence-electron chi connectivity index (χ2n) is 6.25. The average molecular weight is 378 g/mol. The van der Waals surface area contributed by atoms with Crippen LogP contribution < -0.4 is 14.9 Å². The van der Waals surface area contributed by atoms with Crippen LogP contribution in [0.25, 0.3) is 11.3 Å². The van der Waals surface area contributed by atoms with Gasteiger partial charge in [0, 0.05) is 11.1 Å². The fraction of sp³-hybridized carbons (Fsp3) is 0.190. The molecule has 7 heteroatoms. The smallest absolute Gasteiger partial charge is 0.289 e. The molecule has 0 aliphatic rings. The zero-order chi connectivity index (χ0) is 20.1. The van der Waals surface area contributed by atoms with Gasteiger partial charge in [-0.25, -0.2) is 5.43 Å². The van der Waals surface area contributed by atoms with Gasteiger partial charge >= 0.3 is 0 Å². The topological polar surface area (TPSA) is 88.6 Å². The number of hydrazone groups is 1. The molecule has 1 aromatic heterocycles. The lowest BCUT2D eigenvalue weighted by molar-refractivity contribution is 0.0950. The maximum Gasteiger partial charge on any atom is 0.289 e. The van der Waals surface area contributed by atoms with E-state index in [-0.39, 0.29) is 5.91 Å². The SMILES string of the molecule is COc1cccc(/C=N\NC(=O)c2cc(-c3ccc(C)c(C)c3)n[nH]2)c1OC. The lowest BCUT2D eigenvalue weighted by Crippen LogP contribution is -2.18. The van der Waals surface area contributed by atoms with Gasteiger partial charge < -0.3 is 9.47 Å². The molecule has 7 nitrogen and oxygen atoms in total. The number of para-hydroxylation sites is 1. The van der Waals surface area contributed by atoms with Crippen molar-refractivity contribution in [2.45, 2.75) is 13.8 Å². The van der Waals surface area contributed by atoms with Gasteiger partial charge in [-0.2, -0.15) is 10.2 Å². The lowest BCUT2D eigenvalue weighted by Gasteiger charge is -2.09. The number of methoxy groups -OCH3 is 2. The Bertz CT molecular complexity index is 1020. The van der Waals surface area contributed by atoms with Gasteiger partial charge in [-0.05, 0) is 49.2 Å². The Balaban J connectivity index is 1.72. The fourth-order valence-electron chi connectivity index (χ4n) is 2.72. The van der Waals surface area contributed by atoms with Gasteiger partial charge in [-0.3, -0.25) is 9.89 Å². The van der Waals surface area contributed by atoms with Gasteiger partial charge in [0.05, 0.1) is 26.1 Å². The standard InChI is InChI=1S/C21H22N4O3/c1-13-8-9-15(10-14(13)2)17-11-18(24-23-17)21(26)25-22-12-16-6-5-7-19(27-3)20(16)28-4/h5-12H,1-4H3,(H,23,24)(H,25,26)/b22-12-. The quantitative estimate of drug-likeness (QED) is 0.508. The fourth-order valence-corrected chi connectivity index (χ4v) is 2.72. The summed E-state index contributed by atoms with van der Waals surface area (Å²) in [7, 11) is 3.11. The number of ether oxygens (including phenoxy) is 2. The highest BCUT2D eigenvalue weighted by Crippen LogP contribution is 2.29. The van der Waals surface area contributed by atoms with Crippen molar-refractivity contribution in [1.29, 1.82) is 0 Å². The predicted molar refractivity (Wildman–Crippen MR) is 108 cm³/mol. The highest BCUT2D eigenvalue weighted by molar-refractivity contribution is 5.94. The van der Waals surface area contributed by atoms with E-state index in [1.165, 1.54) is 17.3 Å². The number of rotatable bonds is 6. The Morgan fingerprint density at radius 3 is 2.64 bits per heavy atom. The largest absolute Gasteiger partial charge is 0.493 e. The summed E-state index contributed by atoms with van der Waals surface area (Å²) in [4.78, 5) is 12.3. The van der Waals surface area contributed by atoms with Crippen molar-refractivity contribution in [2.24, 2.45) is 5.10 Å². The summed E-state index contributed by atoms with van der Waals surface area (Å²) < 4.78 is 10.6. The van der Waals surface area contributed by atoms with E-state index in [2.05, 4.69) is 27.6 Å². The molecule has 3 rings (SSSR count). The number of carbonyl (C=O) groups excluding carboxylic acids is 1. The number of benzene rings is 2. The van der Waals surface area contributed by atoms with E-state index in [1.54, 1.807) is 26.4 Å². The Morgan fingerprint density at radius 1 is 1.11 bits per heavy atom. The molecule has 0 saturated heterocycles. The van der Waals surface area contributed by atoms with Gasteiger partial charge in [0.1, 0.15) is 5.69 Å². The van der Waals surface area contributed by atoms with E-state index >= 15 is 0 Å². The summed E-state index contributed by atoms with van der Waals surface area (Å²) in [6.45, 7) is 4.10. The molecule has 0 bridgehead atoms. The summed E-state index contributed by atoms with van der Waals surface area (Å²) in [6, 6.07) is 13.2. The molecule has 0 unspecified atom stereocenters. The van der Waals surface area contributed by atoms with Crippen molar-refractivity contribution in [3.05, 3.63) is 64.8 Å². The van der Waals surface area contributed by atoms with Crippen LogP contribution in [-0.4, -0.2) is 36.5 Å². The average Bonchev–Trinajstić information content (AvgIpc) is 3.20. The van der Waals surface area contributed by atoms with Crippen LogP contribution in [0.4, 0.5) is 0 Å². The summed E-state index contributed by atoms with van der Waals surface area (Å²) in [6.07, 6.45) is 1.50. The first-order valence-electron chi connectivity index (χ1n) is 8.71. The molecule has 0 aliphatic heterocycles. The Morgan fingerprint density at radius 2 is 1.93 bits per heavy atom. The molecule has 0 spiro atoms. The van der Waals surface area contributed by atoms with Crippen molar-refractivity contribution >= 4 is 12.1 Å². The van der Waals surface area contributed by atoms with Crippen LogP contribution in [0.2, 0.25) is 0 Å². The number of aromatic amines is 1. The maximum absolute atomic E-state index is 12.3. The van der Waals surface area contributed by atoms with E-state index in [0.29, 0.717) is 28.5 Å². The first kappa shape index (κ1) is 19.2. The van der Waals surface area contributed by atoms with Crippen LogP contribution in [0.1, 0.15) is 27.2 Å². The van der Waals surface area contributed by atoms with Crippen molar-refractivity contribution in [1.82, 2.24) is 15.6 Å². The van der Waals surface area contributed by atoms with E-state index in [1.807, 2.05) is 37.3 Å².